The lowest BCUT2D eigenvalue weighted by Gasteiger charge is -2.09. The molecule has 2 N–H and O–H groups in total. The molecule has 0 radical (unpaired) electrons. The number of nitrogens with zero attached hydrogens (tertiary/aromatic N) is 2. The first kappa shape index (κ1) is 12.8. The molecule has 0 saturated heterocycles. The number of anilines is 1. The van der Waals surface area contributed by atoms with Crippen molar-refractivity contribution in [1.82, 2.24) is 9.97 Å². The first-order valence-electron chi connectivity index (χ1n) is 6.21. The number of rotatable bonds is 3. The fourth-order valence-corrected chi connectivity index (χ4v) is 3.00. The first-order valence-corrected chi connectivity index (χ1v) is 7.40. The van der Waals surface area contributed by atoms with E-state index in [1.54, 1.807) is 11.8 Å². The van der Waals surface area contributed by atoms with E-state index in [2.05, 4.69) is 9.97 Å². The fraction of sp³-hybridized carbons (Fsp3) is 0.286. The molecule has 1 aromatic carbocycles. The van der Waals surface area contributed by atoms with Gasteiger partial charge in [0.05, 0.1) is 0 Å². The smallest absolute Gasteiger partial charge is 0.135 e. The van der Waals surface area contributed by atoms with Gasteiger partial charge in [-0.15, -0.1) is 0 Å². The van der Waals surface area contributed by atoms with Crippen LogP contribution in [0.4, 0.5) is 5.82 Å². The number of aromatic nitrogens is 2. The maximum absolute atomic E-state index is 6.00. The average molecular weight is 292 g/mol. The first-order chi connectivity index (χ1) is 9.13. The van der Waals surface area contributed by atoms with Crippen LogP contribution in [0.2, 0.25) is 5.02 Å². The minimum Gasteiger partial charge on any atom is -0.383 e. The van der Waals surface area contributed by atoms with E-state index in [4.69, 9.17) is 17.3 Å². The molecule has 0 spiro atoms. The van der Waals surface area contributed by atoms with Gasteiger partial charge in [0.1, 0.15) is 16.7 Å². The molecular formula is C14H14ClN3S. The largest absolute Gasteiger partial charge is 0.383 e. The summed E-state index contributed by atoms with van der Waals surface area (Å²) in [5.74, 6) is 1.97. The summed E-state index contributed by atoms with van der Waals surface area (Å²) in [6, 6.07) is 7.75. The molecule has 0 aliphatic heterocycles. The van der Waals surface area contributed by atoms with Crippen molar-refractivity contribution in [2.75, 3.05) is 5.73 Å². The van der Waals surface area contributed by atoms with Gasteiger partial charge in [-0.25, -0.2) is 9.97 Å². The number of nitrogens with two attached hydrogens (primary N) is 1. The highest BCUT2D eigenvalue weighted by Gasteiger charge is 2.28. The van der Waals surface area contributed by atoms with E-state index in [1.165, 1.54) is 12.8 Å². The van der Waals surface area contributed by atoms with Crippen molar-refractivity contribution < 1.29 is 0 Å². The monoisotopic (exact) mass is 291 g/mol. The van der Waals surface area contributed by atoms with Gasteiger partial charge in [0.25, 0.3) is 0 Å². The van der Waals surface area contributed by atoms with Crippen LogP contribution in [0.5, 0.6) is 0 Å². The highest BCUT2D eigenvalue weighted by Crippen LogP contribution is 2.40. The second kappa shape index (κ2) is 5.02. The van der Waals surface area contributed by atoms with E-state index < -0.39 is 0 Å². The molecule has 1 saturated carbocycles. The molecule has 5 heteroatoms. The lowest BCUT2D eigenvalue weighted by Crippen LogP contribution is -2.03. The van der Waals surface area contributed by atoms with Crippen molar-refractivity contribution in [3.05, 3.63) is 40.7 Å². The third kappa shape index (κ3) is 2.85. The van der Waals surface area contributed by atoms with Crippen molar-refractivity contribution in [2.45, 2.75) is 35.6 Å². The van der Waals surface area contributed by atoms with Crippen LogP contribution in [-0.4, -0.2) is 9.97 Å². The number of benzene rings is 1. The Morgan fingerprint density at radius 1 is 1.32 bits per heavy atom. The quantitative estimate of drug-likeness (QED) is 0.867. The van der Waals surface area contributed by atoms with Gasteiger partial charge in [-0.1, -0.05) is 29.4 Å². The number of hydrogen-bond donors (Lipinski definition) is 1. The van der Waals surface area contributed by atoms with Gasteiger partial charge in [-0.05, 0) is 38.0 Å². The van der Waals surface area contributed by atoms with E-state index in [-0.39, 0.29) is 0 Å². The van der Waals surface area contributed by atoms with Gasteiger partial charge in [0, 0.05) is 21.4 Å². The van der Waals surface area contributed by atoms with Gasteiger partial charge < -0.3 is 5.73 Å². The van der Waals surface area contributed by atoms with Gasteiger partial charge in [0.15, 0.2) is 0 Å². The molecule has 1 fully saturated rings. The van der Waals surface area contributed by atoms with E-state index in [0.29, 0.717) is 11.7 Å². The third-order valence-electron chi connectivity index (χ3n) is 3.11. The molecule has 1 heterocycles. The van der Waals surface area contributed by atoms with Crippen LogP contribution in [0.3, 0.4) is 0 Å². The minimum absolute atomic E-state index is 0.501. The van der Waals surface area contributed by atoms with Gasteiger partial charge in [0.2, 0.25) is 0 Å². The minimum atomic E-state index is 0.501. The van der Waals surface area contributed by atoms with Crippen molar-refractivity contribution in [3.63, 3.8) is 0 Å². The molecule has 0 bridgehead atoms. The maximum atomic E-state index is 6.00. The SMILES string of the molecule is Cc1c(N)nc(C2CC2)nc1Sc1cccc(Cl)c1. The molecule has 1 aliphatic rings. The number of hydrogen-bond acceptors (Lipinski definition) is 4. The molecule has 1 aliphatic carbocycles. The Bertz CT molecular complexity index is 626. The molecule has 19 heavy (non-hydrogen) atoms. The Kier molecular flexibility index (Phi) is 3.37. The Balaban J connectivity index is 1.95. The Labute approximate surface area is 121 Å². The standard InChI is InChI=1S/C14H14ClN3S/c1-8-12(16)17-13(9-5-6-9)18-14(8)19-11-4-2-3-10(15)7-11/h2-4,7,9H,5-6H2,1H3,(H2,16,17,18). The Morgan fingerprint density at radius 2 is 2.11 bits per heavy atom. The summed E-state index contributed by atoms with van der Waals surface area (Å²) in [5, 5.41) is 1.66. The summed E-state index contributed by atoms with van der Waals surface area (Å²) in [7, 11) is 0. The van der Waals surface area contributed by atoms with Crippen molar-refractivity contribution >= 4 is 29.2 Å². The van der Waals surface area contributed by atoms with Crippen molar-refractivity contribution in [3.8, 4) is 0 Å². The van der Waals surface area contributed by atoms with Gasteiger partial charge in [-0.2, -0.15) is 0 Å². The summed E-state index contributed by atoms with van der Waals surface area (Å²) < 4.78 is 0. The Morgan fingerprint density at radius 3 is 2.79 bits per heavy atom. The number of halogens is 1. The molecular weight excluding hydrogens is 278 g/mol. The van der Waals surface area contributed by atoms with E-state index in [9.17, 15) is 0 Å². The second-order valence-electron chi connectivity index (χ2n) is 4.73. The van der Waals surface area contributed by atoms with Crippen LogP contribution in [-0.2, 0) is 0 Å². The van der Waals surface area contributed by atoms with Crippen LogP contribution in [0.1, 0.15) is 30.1 Å². The lowest BCUT2D eigenvalue weighted by molar-refractivity contribution is 0.868. The van der Waals surface area contributed by atoms with Crippen LogP contribution >= 0.6 is 23.4 Å². The van der Waals surface area contributed by atoms with Gasteiger partial charge >= 0.3 is 0 Å². The zero-order valence-corrected chi connectivity index (χ0v) is 12.1. The lowest BCUT2D eigenvalue weighted by atomic mass is 10.3. The summed E-state index contributed by atoms with van der Waals surface area (Å²) in [6.45, 7) is 1.96. The highest BCUT2D eigenvalue weighted by atomic mass is 35.5. The fourth-order valence-electron chi connectivity index (χ4n) is 1.80. The highest BCUT2D eigenvalue weighted by molar-refractivity contribution is 7.99. The molecule has 0 unspecified atom stereocenters. The second-order valence-corrected chi connectivity index (χ2v) is 6.23. The van der Waals surface area contributed by atoms with Crippen LogP contribution < -0.4 is 5.73 Å². The zero-order chi connectivity index (χ0) is 13.4. The molecule has 98 valence electrons. The molecule has 3 nitrogen and oxygen atoms in total. The van der Waals surface area contributed by atoms with Crippen LogP contribution in [0.15, 0.2) is 34.2 Å². The van der Waals surface area contributed by atoms with Gasteiger partial charge in [-0.3, -0.25) is 0 Å². The summed E-state index contributed by atoms with van der Waals surface area (Å²) >= 11 is 7.59. The zero-order valence-electron chi connectivity index (χ0n) is 10.6. The third-order valence-corrected chi connectivity index (χ3v) is 4.42. The van der Waals surface area contributed by atoms with Crippen LogP contribution in [0, 0.1) is 6.92 Å². The molecule has 0 amide bonds. The molecule has 2 aromatic rings. The number of nitrogen functional groups attached to an aromatic ring is 1. The van der Waals surface area contributed by atoms with Crippen LogP contribution in [0.25, 0.3) is 0 Å². The van der Waals surface area contributed by atoms with E-state index in [0.717, 1.165) is 26.3 Å². The molecule has 1 aromatic heterocycles. The topological polar surface area (TPSA) is 51.8 Å². The van der Waals surface area contributed by atoms with E-state index >= 15 is 0 Å². The average Bonchev–Trinajstić information content (AvgIpc) is 3.19. The van der Waals surface area contributed by atoms with Crippen molar-refractivity contribution in [1.29, 1.82) is 0 Å². The predicted molar refractivity (Wildman–Crippen MR) is 78.7 cm³/mol. The van der Waals surface area contributed by atoms with E-state index in [1.807, 2.05) is 31.2 Å². The summed E-state index contributed by atoms with van der Waals surface area (Å²) in [6.07, 6.45) is 2.34. The maximum Gasteiger partial charge on any atom is 0.135 e. The summed E-state index contributed by atoms with van der Waals surface area (Å²) in [4.78, 5) is 10.1. The summed E-state index contributed by atoms with van der Waals surface area (Å²) in [5.41, 5.74) is 6.92. The molecule has 3 rings (SSSR count). The normalized spacial score (nSPS) is 14.6. The predicted octanol–water partition coefficient (Wildman–Crippen LogP) is 4.05. The van der Waals surface area contributed by atoms with Crippen molar-refractivity contribution in [2.24, 2.45) is 0 Å². The molecule has 0 atom stereocenters. The Hall–Kier alpha value is -1.26.